The Morgan fingerprint density at radius 1 is 0.774 bits per heavy atom. The molecule has 4 nitrogen and oxygen atoms in total. The summed E-state index contributed by atoms with van der Waals surface area (Å²) < 4.78 is 17.1. The van der Waals surface area contributed by atoms with Crippen LogP contribution in [0.25, 0.3) is 0 Å². The molecule has 0 fully saturated rings. The Hall–Kier alpha value is -3.11. The quantitative estimate of drug-likeness (QED) is 0.438. The summed E-state index contributed by atoms with van der Waals surface area (Å²) in [6, 6.07) is 22.7. The molecule has 1 aliphatic rings. The summed E-state index contributed by atoms with van der Waals surface area (Å²) in [5, 5.41) is 0. The van der Waals surface area contributed by atoms with Crippen molar-refractivity contribution < 1.29 is 14.2 Å². The van der Waals surface area contributed by atoms with Crippen molar-refractivity contribution in [1.29, 1.82) is 0 Å². The van der Waals surface area contributed by atoms with Crippen LogP contribution in [-0.2, 0) is 24.6 Å². The second-order valence-electron chi connectivity index (χ2n) is 7.91. The predicted octanol–water partition coefficient (Wildman–Crippen LogP) is 5.88. The number of nitrogens with zero attached hydrogens (tertiary/aromatic N) is 1. The SMILES string of the molecule is COc1ccc(COCc2cc(C)cc(COc3ccc(C4=NCCC4)cc3)c2)cc1. The van der Waals surface area contributed by atoms with Crippen LogP contribution in [-0.4, -0.2) is 19.4 Å². The van der Waals surface area contributed by atoms with Gasteiger partial charge in [-0.05, 0) is 78.4 Å². The normalized spacial score (nSPS) is 13.2. The molecule has 0 saturated carbocycles. The topological polar surface area (TPSA) is 40.0 Å². The van der Waals surface area contributed by atoms with Crippen molar-refractivity contribution in [2.24, 2.45) is 4.99 Å². The van der Waals surface area contributed by atoms with Gasteiger partial charge >= 0.3 is 0 Å². The smallest absolute Gasteiger partial charge is 0.119 e. The third-order valence-corrected chi connectivity index (χ3v) is 5.36. The minimum absolute atomic E-state index is 0.535. The second-order valence-corrected chi connectivity index (χ2v) is 7.91. The zero-order valence-electron chi connectivity index (χ0n) is 18.3. The molecule has 31 heavy (non-hydrogen) atoms. The number of rotatable bonds is 9. The highest BCUT2D eigenvalue weighted by atomic mass is 16.5. The van der Waals surface area contributed by atoms with Gasteiger partial charge in [-0.15, -0.1) is 0 Å². The van der Waals surface area contributed by atoms with Crippen LogP contribution in [0.2, 0.25) is 0 Å². The Kier molecular flexibility index (Phi) is 7.00. The van der Waals surface area contributed by atoms with Gasteiger partial charge in [0.1, 0.15) is 18.1 Å². The minimum atomic E-state index is 0.535. The average molecular weight is 416 g/mol. The zero-order chi connectivity index (χ0) is 21.5. The summed E-state index contributed by atoms with van der Waals surface area (Å²) in [4.78, 5) is 4.56. The summed E-state index contributed by atoms with van der Waals surface area (Å²) in [5.74, 6) is 1.73. The van der Waals surface area contributed by atoms with E-state index >= 15 is 0 Å². The van der Waals surface area contributed by atoms with Crippen LogP contribution in [0.15, 0.2) is 71.7 Å². The lowest BCUT2D eigenvalue weighted by atomic mass is 10.1. The Bertz CT molecular complexity index is 1020. The van der Waals surface area contributed by atoms with Gasteiger partial charge < -0.3 is 14.2 Å². The highest BCUT2D eigenvalue weighted by Crippen LogP contribution is 2.20. The number of ether oxygens (including phenoxy) is 3. The molecule has 0 unspecified atom stereocenters. The molecular formula is C27H29NO3. The van der Waals surface area contributed by atoms with E-state index in [1.54, 1.807) is 7.11 Å². The molecular weight excluding hydrogens is 386 g/mol. The summed E-state index contributed by atoms with van der Waals surface area (Å²) in [5.41, 5.74) is 7.05. The molecule has 0 atom stereocenters. The second kappa shape index (κ2) is 10.3. The fourth-order valence-electron chi connectivity index (χ4n) is 3.81. The van der Waals surface area contributed by atoms with E-state index in [1.165, 1.54) is 16.8 Å². The molecule has 0 aliphatic carbocycles. The Morgan fingerprint density at radius 3 is 2.13 bits per heavy atom. The lowest BCUT2D eigenvalue weighted by Crippen LogP contribution is -2.00. The minimum Gasteiger partial charge on any atom is -0.497 e. The standard InChI is InChI=1S/C27H29NO3/c1-20-14-22(18-30-17-21-5-9-25(29-2)10-6-21)16-23(15-20)19-31-26-11-7-24(8-12-26)27-4-3-13-28-27/h5-12,14-16H,3-4,13,17-19H2,1-2H3. The Labute approximate surface area is 184 Å². The maximum absolute atomic E-state index is 6.02. The summed E-state index contributed by atoms with van der Waals surface area (Å²) >= 11 is 0. The van der Waals surface area contributed by atoms with Crippen molar-refractivity contribution >= 4 is 5.71 Å². The van der Waals surface area contributed by atoms with E-state index < -0.39 is 0 Å². The molecule has 0 N–H and O–H groups in total. The number of aliphatic imine (C=N–C) groups is 1. The average Bonchev–Trinajstić information content (AvgIpc) is 3.33. The molecule has 1 heterocycles. The molecule has 3 aromatic rings. The molecule has 1 aliphatic heterocycles. The van der Waals surface area contributed by atoms with E-state index in [0.29, 0.717) is 19.8 Å². The molecule has 0 saturated heterocycles. The molecule has 3 aromatic carbocycles. The Balaban J connectivity index is 1.30. The lowest BCUT2D eigenvalue weighted by molar-refractivity contribution is 0.107. The third kappa shape index (κ3) is 5.96. The maximum Gasteiger partial charge on any atom is 0.119 e. The van der Waals surface area contributed by atoms with E-state index in [0.717, 1.165) is 47.6 Å². The summed E-state index contributed by atoms with van der Waals surface area (Å²) in [7, 11) is 1.67. The first-order valence-corrected chi connectivity index (χ1v) is 10.8. The summed E-state index contributed by atoms with van der Waals surface area (Å²) in [6.07, 6.45) is 2.24. The fraction of sp³-hybridized carbons (Fsp3) is 0.296. The van der Waals surface area contributed by atoms with Crippen LogP contribution in [0.4, 0.5) is 0 Å². The predicted molar refractivity (Wildman–Crippen MR) is 124 cm³/mol. The molecule has 4 rings (SSSR count). The molecule has 0 amide bonds. The lowest BCUT2D eigenvalue weighted by Gasteiger charge is -2.11. The molecule has 0 bridgehead atoms. The zero-order valence-corrected chi connectivity index (χ0v) is 18.3. The first-order chi connectivity index (χ1) is 15.2. The number of hydrogen-bond acceptors (Lipinski definition) is 4. The van der Waals surface area contributed by atoms with E-state index in [-0.39, 0.29) is 0 Å². The molecule has 160 valence electrons. The molecule has 0 spiro atoms. The highest BCUT2D eigenvalue weighted by Gasteiger charge is 2.09. The van der Waals surface area contributed by atoms with E-state index in [4.69, 9.17) is 14.2 Å². The number of benzene rings is 3. The molecule has 4 heteroatoms. The van der Waals surface area contributed by atoms with Gasteiger partial charge in [0, 0.05) is 12.3 Å². The van der Waals surface area contributed by atoms with Gasteiger partial charge in [0.25, 0.3) is 0 Å². The van der Waals surface area contributed by atoms with Gasteiger partial charge in [0.15, 0.2) is 0 Å². The fourth-order valence-corrected chi connectivity index (χ4v) is 3.81. The van der Waals surface area contributed by atoms with Gasteiger partial charge in [-0.3, -0.25) is 4.99 Å². The van der Waals surface area contributed by atoms with Crippen molar-refractivity contribution in [2.75, 3.05) is 13.7 Å². The number of aryl methyl sites for hydroxylation is 1. The van der Waals surface area contributed by atoms with Crippen molar-refractivity contribution in [3.05, 3.63) is 94.5 Å². The van der Waals surface area contributed by atoms with Gasteiger partial charge in [-0.1, -0.05) is 35.9 Å². The van der Waals surface area contributed by atoms with Crippen LogP contribution in [0.5, 0.6) is 11.5 Å². The van der Waals surface area contributed by atoms with Crippen molar-refractivity contribution in [3.63, 3.8) is 0 Å². The third-order valence-electron chi connectivity index (χ3n) is 5.36. The van der Waals surface area contributed by atoms with Gasteiger partial charge in [0.05, 0.1) is 20.3 Å². The Morgan fingerprint density at radius 2 is 1.45 bits per heavy atom. The van der Waals surface area contributed by atoms with Crippen molar-refractivity contribution in [1.82, 2.24) is 0 Å². The van der Waals surface area contributed by atoms with Crippen LogP contribution < -0.4 is 9.47 Å². The van der Waals surface area contributed by atoms with Gasteiger partial charge in [0.2, 0.25) is 0 Å². The largest absolute Gasteiger partial charge is 0.497 e. The van der Waals surface area contributed by atoms with Crippen LogP contribution >= 0.6 is 0 Å². The summed E-state index contributed by atoms with van der Waals surface area (Å²) in [6.45, 7) is 4.73. The van der Waals surface area contributed by atoms with Crippen LogP contribution in [0.1, 0.15) is 40.7 Å². The molecule has 0 aromatic heterocycles. The first kappa shape index (κ1) is 21.1. The van der Waals surface area contributed by atoms with Gasteiger partial charge in [-0.2, -0.15) is 0 Å². The van der Waals surface area contributed by atoms with Crippen LogP contribution in [0, 0.1) is 6.92 Å². The first-order valence-electron chi connectivity index (χ1n) is 10.8. The molecule has 0 radical (unpaired) electrons. The van der Waals surface area contributed by atoms with E-state index in [9.17, 15) is 0 Å². The van der Waals surface area contributed by atoms with Crippen molar-refractivity contribution in [2.45, 2.75) is 39.6 Å². The van der Waals surface area contributed by atoms with Gasteiger partial charge in [-0.25, -0.2) is 0 Å². The number of methoxy groups -OCH3 is 1. The van der Waals surface area contributed by atoms with E-state index in [2.05, 4.69) is 42.2 Å². The maximum atomic E-state index is 6.02. The monoisotopic (exact) mass is 415 g/mol. The van der Waals surface area contributed by atoms with Crippen molar-refractivity contribution in [3.8, 4) is 11.5 Å². The highest BCUT2D eigenvalue weighted by molar-refractivity contribution is 6.01. The van der Waals surface area contributed by atoms with Crippen LogP contribution in [0.3, 0.4) is 0 Å². The van der Waals surface area contributed by atoms with E-state index in [1.807, 2.05) is 36.4 Å². The number of hydrogen-bond donors (Lipinski definition) is 0.